The lowest BCUT2D eigenvalue weighted by Crippen LogP contribution is -2.53. The topological polar surface area (TPSA) is 105 Å². The monoisotopic (exact) mass is 574 g/mol. The van der Waals surface area contributed by atoms with Crippen molar-refractivity contribution in [3.05, 3.63) is 97.1 Å². The van der Waals surface area contributed by atoms with E-state index in [-0.39, 0.29) is 43.3 Å². The molecule has 7 nitrogen and oxygen atoms in total. The summed E-state index contributed by atoms with van der Waals surface area (Å²) in [7, 11) is 0. The van der Waals surface area contributed by atoms with Crippen molar-refractivity contribution in [2.24, 2.45) is 11.8 Å². The van der Waals surface area contributed by atoms with Crippen LogP contribution in [0.15, 0.2) is 86.0 Å². The van der Waals surface area contributed by atoms with E-state index in [0.717, 1.165) is 24.0 Å². The number of hydrogen-bond donors (Lipinski definition) is 3. The standard InChI is InChI=1S/C35H46N2O5/c1-3-5-19-30(22-27-15-8-6-9-16-27)34(41)42-26-35(20-12-13-21-35)37-33(40)29(14-4-2)24-32(39)36-31(25-38)23-28-17-10-7-11-18-28/h3-4,6-11,15-18,29-31,38H,1-2,5,12-14,19-26H2,(H,36,39)(H,37,40)/t29-,30-,31-/m1/s1. The molecule has 42 heavy (non-hydrogen) atoms. The van der Waals surface area contributed by atoms with Gasteiger partial charge in [-0.25, -0.2) is 0 Å². The van der Waals surface area contributed by atoms with Crippen molar-refractivity contribution in [1.82, 2.24) is 10.6 Å². The number of ether oxygens (including phenoxy) is 1. The molecule has 1 aliphatic rings. The Morgan fingerprint density at radius 1 is 0.905 bits per heavy atom. The predicted molar refractivity (Wildman–Crippen MR) is 165 cm³/mol. The summed E-state index contributed by atoms with van der Waals surface area (Å²) in [5.74, 6) is -1.74. The van der Waals surface area contributed by atoms with Gasteiger partial charge in [-0.1, -0.05) is 85.7 Å². The SMILES string of the molecule is C=CCC[C@H](Cc1ccccc1)C(=O)OCC1(NC(=O)[C@H](CC=C)CC(=O)N[C@@H](CO)Cc2ccccc2)CCCC1. The number of benzene rings is 2. The molecule has 2 aromatic rings. The Balaban J connectivity index is 1.60. The van der Waals surface area contributed by atoms with Crippen molar-refractivity contribution in [2.45, 2.75) is 75.8 Å². The number of hydrogen-bond acceptors (Lipinski definition) is 5. The van der Waals surface area contributed by atoms with Gasteiger partial charge in [0.15, 0.2) is 0 Å². The quantitative estimate of drug-likeness (QED) is 0.170. The summed E-state index contributed by atoms with van der Waals surface area (Å²) in [6.45, 7) is 7.48. The van der Waals surface area contributed by atoms with Crippen LogP contribution < -0.4 is 10.6 Å². The van der Waals surface area contributed by atoms with Gasteiger partial charge in [0.1, 0.15) is 6.61 Å². The smallest absolute Gasteiger partial charge is 0.309 e. The Labute approximate surface area is 250 Å². The van der Waals surface area contributed by atoms with Gasteiger partial charge < -0.3 is 20.5 Å². The normalized spacial score (nSPS) is 16.0. The fourth-order valence-corrected chi connectivity index (χ4v) is 5.62. The first-order valence-corrected chi connectivity index (χ1v) is 15.1. The van der Waals surface area contributed by atoms with Crippen molar-refractivity contribution < 1.29 is 24.2 Å². The minimum Gasteiger partial charge on any atom is -0.463 e. The highest BCUT2D eigenvalue weighted by molar-refractivity contribution is 5.86. The first kappa shape index (κ1) is 32.8. The Kier molecular flexibility index (Phi) is 13.5. The van der Waals surface area contributed by atoms with E-state index in [2.05, 4.69) is 23.8 Å². The number of nitrogens with one attached hydrogen (secondary N) is 2. The maximum Gasteiger partial charge on any atom is 0.309 e. The van der Waals surface area contributed by atoms with Gasteiger partial charge in [-0.3, -0.25) is 14.4 Å². The number of aliphatic hydroxyl groups excluding tert-OH is 1. The lowest BCUT2D eigenvalue weighted by molar-refractivity contribution is -0.152. The summed E-state index contributed by atoms with van der Waals surface area (Å²) in [5, 5.41) is 15.9. The van der Waals surface area contributed by atoms with Crippen LogP contribution in [-0.2, 0) is 32.0 Å². The number of amides is 2. The summed E-state index contributed by atoms with van der Waals surface area (Å²) < 4.78 is 5.89. The van der Waals surface area contributed by atoms with Crippen LogP contribution in [0, 0.1) is 11.8 Å². The molecule has 1 aliphatic carbocycles. The van der Waals surface area contributed by atoms with Gasteiger partial charge in [0.2, 0.25) is 11.8 Å². The fourth-order valence-electron chi connectivity index (χ4n) is 5.62. The van der Waals surface area contributed by atoms with E-state index in [1.807, 2.05) is 66.7 Å². The molecule has 0 aromatic heterocycles. The molecule has 226 valence electrons. The molecule has 1 saturated carbocycles. The highest BCUT2D eigenvalue weighted by atomic mass is 16.5. The maximum atomic E-state index is 13.5. The molecule has 0 aliphatic heterocycles. The lowest BCUT2D eigenvalue weighted by Gasteiger charge is -2.32. The van der Waals surface area contributed by atoms with Crippen molar-refractivity contribution in [3.63, 3.8) is 0 Å². The van der Waals surface area contributed by atoms with E-state index in [9.17, 15) is 19.5 Å². The van der Waals surface area contributed by atoms with Crippen molar-refractivity contribution in [3.8, 4) is 0 Å². The molecule has 3 rings (SSSR count). The van der Waals surface area contributed by atoms with Gasteiger partial charge >= 0.3 is 5.97 Å². The summed E-state index contributed by atoms with van der Waals surface area (Å²) in [6.07, 6.45) is 9.45. The molecule has 3 atom stereocenters. The van der Waals surface area contributed by atoms with Crippen LogP contribution >= 0.6 is 0 Å². The zero-order chi connectivity index (χ0) is 30.2. The molecule has 0 bridgehead atoms. The number of aliphatic hydroxyl groups is 1. The molecule has 0 unspecified atom stereocenters. The Hall–Kier alpha value is -3.71. The van der Waals surface area contributed by atoms with Crippen LogP contribution in [0.1, 0.15) is 62.5 Å². The summed E-state index contributed by atoms with van der Waals surface area (Å²) in [5.41, 5.74) is 1.43. The summed E-state index contributed by atoms with van der Waals surface area (Å²) >= 11 is 0. The molecular formula is C35H46N2O5. The zero-order valence-electron chi connectivity index (χ0n) is 24.6. The third-order valence-corrected chi connectivity index (χ3v) is 7.98. The lowest BCUT2D eigenvalue weighted by atomic mass is 9.93. The van der Waals surface area contributed by atoms with Crippen molar-refractivity contribution in [1.29, 1.82) is 0 Å². The van der Waals surface area contributed by atoms with Gasteiger partial charge in [-0.2, -0.15) is 0 Å². The second-order valence-electron chi connectivity index (χ2n) is 11.4. The molecule has 0 saturated heterocycles. The number of rotatable bonds is 18. The molecule has 2 aromatic carbocycles. The maximum absolute atomic E-state index is 13.5. The van der Waals surface area contributed by atoms with Gasteiger partial charge in [0, 0.05) is 6.42 Å². The van der Waals surface area contributed by atoms with E-state index in [1.54, 1.807) is 6.08 Å². The second kappa shape index (κ2) is 17.3. The van der Waals surface area contributed by atoms with Gasteiger partial charge in [-0.05, 0) is 56.1 Å². The third-order valence-electron chi connectivity index (χ3n) is 7.98. The average molecular weight is 575 g/mol. The molecule has 0 spiro atoms. The summed E-state index contributed by atoms with van der Waals surface area (Å²) in [4.78, 5) is 39.6. The summed E-state index contributed by atoms with van der Waals surface area (Å²) in [6, 6.07) is 19.1. The number of esters is 1. The zero-order valence-corrected chi connectivity index (χ0v) is 24.6. The van der Waals surface area contributed by atoms with Crippen molar-refractivity contribution in [2.75, 3.05) is 13.2 Å². The number of carbonyl (C=O) groups is 3. The van der Waals surface area contributed by atoms with Crippen LogP contribution in [0.5, 0.6) is 0 Å². The average Bonchev–Trinajstić information content (AvgIpc) is 3.46. The fraction of sp³-hybridized carbons (Fsp3) is 0.457. The molecule has 1 fully saturated rings. The number of carbonyl (C=O) groups excluding carboxylic acids is 3. The molecule has 0 heterocycles. The Morgan fingerprint density at radius 3 is 2.10 bits per heavy atom. The van der Waals surface area contributed by atoms with Crippen LogP contribution in [0.2, 0.25) is 0 Å². The van der Waals surface area contributed by atoms with E-state index >= 15 is 0 Å². The molecular weight excluding hydrogens is 528 g/mol. The van der Waals surface area contributed by atoms with E-state index < -0.39 is 17.5 Å². The minimum absolute atomic E-state index is 0.0281. The van der Waals surface area contributed by atoms with Gasteiger partial charge in [0.25, 0.3) is 0 Å². The van der Waals surface area contributed by atoms with Crippen LogP contribution in [-0.4, -0.2) is 47.7 Å². The first-order valence-electron chi connectivity index (χ1n) is 15.1. The highest BCUT2D eigenvalue weighted by Crippen LogP contribution is 2.31. The van der Waals surface area contributed by atoms with Crippen LogP contribution in [0.4, 0.5) is 0 Å². The predicted octanol–water partition coefficient (Wildman–Crippen LogP) is 5.09. The second-order valence-corrected chi connectivity index (χ2v) is 11.4. The first-order chi connectivity index (χ1) is 20.4. The van der Waals surface area contributed by atoms with Gasteiger partial charge in [0.05, 0.1) is 30.0 Å². The highest BCUT2D eigenvalue weighted by Gasteiger charge is 2.39. The van der Waals surface area contributed by atoms with Crippen LogP contribution in [0.25, 0.3) is 0 Å². The van der Waals surface area contributed by atoms with Crippen LogP contribution in [0.3, 0.4) is 0 Å². The van der Waals surface area contributed by atoms with Crippen molar-refractivity contribution >= 4 is 17.8 Å². The Morgan fingerprint density at radius 2 is 1.52 bits per heavy atom. The third kappa shape index (κ3) is 10.6. The minimum atomic E-state index is -0.653. The van der Waals surface area contributed by atoms with Gasteiger partial charge in [-0.15, -0.1) is 13.2 Å². The van der Waals surface area contributed by atoms with E-state index in [0.29, 0.717) is 44.9 Å². The molecule has 2 amide bonds. The molecule has 3 N–H and O–H groups in total. The number of allylic oxidation sites excluding steroid dienone is 2. The van der Waals surface area contributed by atoms with E-state index in [1.165, 1.54) is 0 Å². The molecule has 0 radical (unpaired) electrons. The molecule has 7 heteroatoms. The largest absolute Gasteiger partial charge is 0.463 e. The Bertz CT molecular complexity index is 1140. The van der Waals surface area contributed by atoms with E-state index in [4.69, 9.17) is 4.74 Å².